The minimum absolute atomic E-state index is 0.404. The third-order valence-corrected chi connectivity index (χ3v) is 2.09. The van der Waals surface area contributed by atoms with Crippen LogP contribution in [0.2, 0.25) is 0 Å². The molecule has 7 heteroatoms. The van der Waals surface area contributed by atoms with Gasteiger partial charge in [-0.25, -0.2) is 4.79 Å². The van der Waals surface area contributed by atoms with Crippen LogP contribution in [0, 0.1) is 3.95 Å². The number of nitrogens with zero attached hydrogens (tertiary/aromatic N) is 1. The quantitative estimate of drug-likeness (QED) is 0.764. The predicted octanol–water partition coefficient (Wildman–Crippen LogP) is 2.16. The Bertz CT molecular complexity index is 333. The summed E-state index contributed by atoms with van der Waals surface area (Å²) in [7, 11) is 0. The van der Waals surface area contributed by atoms with Crippen LogP contribution in [0.25, 0.3) is 0 Å². The Kier molecular flexibility index (Phi) is 3.84. The highest BCUT2D eigenvalue weighted by Gasteiger charge is 2.04. The van der Waals surface area contributed by atoms with Crippen LogP contribution in [0.3, 0.4) is 0 Å². The van der Waals surface area contributed by atoms with Gasteiger partial charge in [0.15, 0.2) is 3.95 Å². The van der Waals surface area contributed by atoms with E-state index in [0.717, 1.165) is 6.42 Å². The van der Waals surface area contributed by atoms with E-state index >= 15 is 0 Å². The largest absolute Gasteiger partial charge is 0.449 e. The first-order valence-electron chi connectivity index (χ1n) is 3.71. The second kappa shape index (κ2) is 4.93. The first kappa shape index (κ1) is 10.1. The highest BCUT2D eigenvalue weighted by atomic mass is 32.1. The van der Waals surface area contributed by atoms with Crippen LogP contribution >= 0.6 is 23.6 Å². The summed E-state index contributed by atoms with van der Waals surface area (Å²) in [4.78, 5) is 11.0. The molecule has 0 saturated heterocycles. The molecule has 1 rings (SSSR count). The van der Waals surface area contributed by atoms with Crippen LogP contribution in [0.15, 0.2) is 0 Å². The third kappa shape index (κ3) is 3.51. The molecule has 0 aliphatic rings. The van der Waals surface area contributed by atoms with Gasteiger partial charge in [0.2, 0.25) is 5.13 Å². The van der Waals surface area contributed by atoms with Gasteiger partial charge in [-0.15, -0.1) is 5.10 Å². The monoisotopic (exact) mass is 219 g/mol. The average Bonchev–Trinajstić information content (AvgIpc) is 2.48. The molecule has 1 heterocycles. The smallest absolute Gasteiger partial charge is 0.413 e. The van der Waals surface area contributed by atoms with E-state index in [1.54, 1.807) is 0 Å². The van der Waals surface area contributed by atoms with Crippen molar-refractivity contribution in [3.8, 4) is 0 Å². The van der Waals surface area contributed by atoms with Gasteiger partial charge < -0.3 is 4.74 Å². The summed E-state index contributed by atoms with van der Waals surface area (Å²) < 4.78 is 5.29. The lowest BCUT2D eigenvalue weighted by Gasteiger charge is -2.01. The molecule has 72 valence electrons. The van der Waals surface area contributed by atoms with Crippen LogP contribution in [0.5, 0.6) is 0 Å². The Balaban J connectivity index is 2.41. The normalized spacial score (nSPS) is 9.62. The fourth-order valence-electron chi connectivity index (χ4n) is 0.601. The van der Waals surface area contributed by atoms with Gasteiger partial charge >= 0.3 is 6.09 Å². The fraction of sp³-hybridized carbons (Fsp3) is 0.500. The minimum Gasteiger partial charge on any atom is -0.449 e. The minimum atomic E-state index is -0.500. The van der Waals surface area contributed by atoms with Crippen molar-refractivity contribution < 1.29 is 9.53 Å². The van der Waals surface area contributed by atoms with Crippen molar-refractivity contribution in [3.63, 3.8) is 0 Å². The number of H-pyrrole nitrogens is 1. The van der Waals surface area contributed by atoms with E-state index in [0.29, 0.717) is 15.7 Å². The van der Waals surface area contributed by atoms with Crippen LogP contribution in [0.4, 0.5) is 9.93 Å². The third-order valence-electron chi connectivity index (χ3n) is 1.08. The maximum absolute atomic E-state index is 11.0. The van der Waals surface area contributed by atoms with E-state index in [1.807, 2.05) is 6.92 Å². The van der Waals surface area contributed by atoms with Crippen molar-refractivity contribution in [1.29, 1.82) is 0 Å². The van der Waals surface area contributed by atoms with Crippen LogP contribution < -0.4 is 5.32 Å². The maximum atomic E-state index is 11.0. The molecule has 1 aromatic heterocycles. The van der Waals surface area contributed by atoms with Gasteiger partial charge in [-0.3, -0.25) is 10.4 Å². The number of aromatic amines is 1. The number of hydrogen-bond acceptors (Lipinski definition) is 5. The lowest BCUT2D eigenvalue weighted by molar-refractivity contribution is 0.161. The first-order valence-corrected chi connectivity index (χ1v) is 4.94. The molecular weight excluding hydrogens is 210 g/mol. The van der Waals surface area contributed by atoms with Crippen molar-refractivity contribution in [2.24, 2.45) is 0 Å². The molecule has 0 unspecified atom stereocenters. The molecular formula is C6H9N3O2S2. The van der Waals surface area contributed by atoms with Gasteiger partial charge in [-0.2, -0.15) is 0 Å². The number of hydrogen-bond donors (Lipinski definition) is 2. The van der Waals surface area contributed by atoms with E-state index in [9.17, 15) is 4.79 Å². The number of ether oxygens (including phenoxy) is 1. The molecule has 0 fully saturated rings. The number of nitrogens with one attached hydrogen (secondary N) is 2. The molecule has 0 atom stereocenters. The molecule has 0 bridgehead atoms. The Morgan fingerprint density at radius 2 is 2.62 bits per heavy atom. The molecule has 0 aliphatic carbocycles. The standard InChI is InChI=1S/C6H9N3O2S2/c1-2-3-11-5(10)7-4-8-9-6(12)13-4/h2-3H2,1H3,(H,9,12)(H,7,8,10). The van der Waals surface area contributed by atoms with E-state index < -0.39 is 6.09 Å². The SMILES string of the molecule is CCCOC(=O)Nc1n[nH]c(=S)s1. The van der Waals surface area contributed by atoms with Crippen molar-refractivity contribution in [3.05, 3.63) is 3.95 Å². The van der Waals surface area contributed by atoms with Gasteiger partial charge in [0.05, 0.1) is 6.61 Å². The number of rotatable bonds is 3. The van der Waals surface area contributed by atoms with Crippen LogP contribution in [-0.2, 0) is 4.74 Å². The Morgan fingerprint density at radius 3 is 3.15 bits per heavy atom. The Labute approximate surface area is 84.1 Å². The van der Waals surface area contributed by atoms with Crippen molar-refractivity contribution >= 4 is 34.8 Å². The molecule has 0 aromatic carbocycles. The highest BCUT2D eigenvalue weighted by molar-refractivity contribution is 7.73. The van der Waals surface area contributed by atoms with Crippen molar-refractivity contribution in [1.82, 2.24) is 10.2 Å². The van der Waals surface area contributed by atoms with Gasteiger partial charge in [-0.05, 0) is 18.6 Å². The molecule has 0 radical (unpaired) electrons. The number of amides is 1. The van der Waals surface area contributed by atoms with E-state index in [-0.39, 0.29) is 0 Å². The molecule has 0 aliphatic heterocycles. The lowest BCUT2D eigenvalue weighted by Crippen LogP contribution is -2.13. The lowest BCUT2D eigenvalue weighted by atomic mass is 10.5. The van der Waals surface area contributed by atoms with Crippen molar-refractivity contribution in [2.45, 2.75) is 13.3 Å². The average molecular weight is 219 g/mol. The van der Waals surface area contributed by atoms with Crippen LogP contribution in [-0.4, -0.2) is 22.9 Å². The van der Waals surface area contributed by atoms with Crippen LogP contribution in [0.1, 0.15) is 13.3 Å². The topological polar surface area (TPSA) is 67.0 Å². The van der Waals surface area contributed by atoms with E-state index in [2.05, 4.69) is 15.5 Å². The zero-order valence-corrected chi connectivity index (χ0v) is 8.63. The summed E-state index contributed by atoms with van der Waals surface area (Å²) in [5.74, 6) is 0. The van der Waals surface area contributed by atoms with Gasteiger partial charge in [0, 0.05) is 0 Å². The Morgan fingerprint density at radius 1 is 1.85 bits per heavy atom. The van der Waals surface area contributed by atoms with Crippen molar-refractivity contribution in [2.75, 3.05) is 11.9 Å². The Hall–Kier alpha value is -0.950. The number of carbonyl (C=O) groups excluding carboxylic acids is 1. The maximum Gasteiger partial charge on any atom is 0.413 e. The molecule has 1 amide bonds. The summed E-state index contributed by atoms with van der Waals surface area (Å²) in [6.45, 7) is 2.33. The van der Waals surface area contributed by atoms with Gasteiger partial charge in [0.1, 0.15) is 0 Å². The summed E-state index contributed by atoms with van der Waals surface area (Å²) in [6, 6.07) is 0. The second-order valence-electron chi connectivity index (χ2n) is 2.18. The first-order chi connectivity index (χ1) is 6.22. The van der Waals surface area contributed by atoms with Gasteiger partial charge in [0.25, 0.3) is 0 Å². The molecule has 2 N–H and O–H groups in total. The zero-order valence-electron chi connectivity index (χ0n) is 6.99. The number of carbonyl (C=O) groups is 1. The molecule has 0 saturated carbocycles. The molecule has 13 heavy (non-hydrogen) atoms. The second-order valence-corrected chi connectivity index (χ2v) is 3.84. The summed E-state index contributed by atoms with van der Waals surface area (Å²) in [6.07, 6.45) is 0.295. The molecule has 1 aromatic rings. The number of aromatic nitrogens is 2. The number of anilines is 1. The summed E-state index contributed by atoms with van der Waals surface area (Å²) >= 11 is 5.97. The predicted molar refractivity (Wildman–Crippen MR) is 52.6 cm³/mol. The zero-order chi connectivity index (χ0) is 9.68. The van der Waals surface area contributed by atoms with Gasteiger partial charge in [-0.1, -0.05) is 18.3 Å². The van der Waals surface area contributed by atoms with E-state index in [4.69, 9.17) is 17.0 Å². The van der Waals surface area contributed by atoms with E-state index in [1.165, 1.54) is 11.3 Å². The molecule has 0 spiro atoms. The highest BCUT2D eigenvalue weighted by Crippen LogP contribution is 2.10. The summed E-state index contributed by atoms with van der Waals surface area (Å²) in [5.41, 5.74) is 0. The summed E-state index contributed by atoms with van der Waals surface area (Å²) in [5, 5.41) is 9.15. The molecule has 5 nitrogen and oxygen atoms in total. The fourth-order valence-corrected chi connectivity index (χ4v) is 1.38.